The first-order valence-electron chi connectivity index (χ1n) is 15.9. The molecule has 0 unspecified atom stereocenters. The maximum Gasteiger partial charge on any atom is 0.150 e. The summed E-state index contributed by atoms with van der Waals surface area (Å²) in [6, 6.07) is 6.99. The molecule has 0 aromatic heterocycles. The van der Waals surface area contributed by atoms with Crippen molar-refractivity contribution < 1.29 is 33.2 Å². The molecule has 0 aliphatic heterocycles. The van der Waals surface area contributed by atoms with Gasteiger partial charge in [0.05, 0.1) is 59.5 Å². The van der Waals surface area contributed by atoms with E-state index in [-0.39, 0.29) is 0 Å². The molecule has 1 rings (SSSR count). The van der Waals surface area contributed by atoms with Crippen molar-refractivity contribution in [2.45, 2.75) is 96.8 Å². The van der Waals surface area contributed by atoms with Gasteiger partial charge in [0.2, 0.25) is 0 Å². The van der Waals surface area contributed by atoms with Crippen LogP contribution in [0.25, 0.3) is 0 Å². The predicted octanol–water partition coefficient (Wildman–Crippen LogP) is 7.44. The summed E-state index contributed by atoms with van der Waals surface area (Å²) >= 11 is 0. The van der Waals surface area contributed by atoms with Gasteiger partial charge in [-0.05, 0) is 30.7 Å². The molecule has 7 heteroatoms. The number of carbonyl (C=O) groups is 1. The minimum atomic E-state index is 0.452. The van der Waals surface area contributed by atoms with Crippen molar-refractivity contribution in [3.05, 3.63) is 29.8 Å². The number of hydrogen-bond donors (Lipinski definition) is 0. The van der Waals surface area contributed by atoms with Crippen molar-refractivity contribution in [2.24, 2.45) is 0 Å². The molecule has 1 aromatic rings. The van der Waals surface area contributed by atoms with Gasteiger partial charge in [-0.1, -0.05) is 90.4 Å². The molecule has 0 aliphatic carbocycles. The zero-order valence-electron chi connectivity index (χ0n) is 25.4. The number of aldehydes is 1. The average molecular weight is 567 g/mol. The summed E-state index contributed by atoms with van der Waals surface area (Å²) in [5, 5.41) is 0. The Balaban J connectivity index is 1.65. The number of carbonyl (C=O) groups excluding carboxylic acids is 1. The van der Waals surface area contributed by atoms with E-state index in [2.05, 4.69) is 6.92 Å². The van der Waals surface area contributed by atoms with Crippen molar-refractivity contribution in [1.29, 1.82) is 0 Å². The minimum absolute atomic E-state index is 0.452. The number of benzene rings is 1. The van der Waals surface area contributed by atoms with Gasteiger partial charge >= 0.3 is 0 Å². The highest BCUT2D eigenvalue weighted by Crippen LogP contribution is 2.13. The van der Waals surface area contributed by atoms with E-state index in [0.29, 0.717) is 71.6 Å². The molecule has 0 heterocycles. The molecule has 0 saturated heterocycles. The molecule has 0 bridgehead atoms. The lowest BCUT2D eigenvalue weighted by molar-refractivity contribution is -0.0128. The molecule has 40 heavy (non-hydrogen) atoms. The summed E-state index contributed by atoms with van der Waals surface area (Å²) in [5.41, 5.74) is 0.632. The van der Waals surface area contributed by atoms with Crippen LogP contribution in [-0.4, -0.2) is 79.0 Å². The van der Waals surface area contributed by atoms with E-state index in [0.717, 1.165) is 25.1 Å². The molecular formula is C33H58O7. The Morgan fingerprint density at radius 1 is 0.450 bits per heavy atom. The Labute approximate surface area is 244 Å². The second-order valence-corrected chi connectivity index (χ2v) is 10.2. The molecule has 0 spiro atoms. The number of unbranched alkanes of at least 4 members (excludes halogenated alkanes) is 13. The van der Waals surface area contributed by atoms with Crippen molar-refractivity contribution >= 4 is 6.29 Å². The third-order valence-electron chi connectivity index (χ3n) is 6.64. The molecule has 232 valence electrons. The van der Waals surface area contributed by atoms with Crippen molar-refractivity contribution in [2.75, 3.05) is 72.7 Å². The van der Waals surface area contributed by atoms with Crippen LogP contribution in [-0.2, 0) is 23.7 Å². The van der Waals surface area contributed by atoms with Crippen LogP contribution in [0, 0.1) is 0 Å². The zero-order valence-corrected chi connectivity index (χ0v) is 25.4. The van der Waals surface area contributed by atoms with Crippen LogP contribution in [0.4, 0.5) is 0 Å². The second-order valence-electron chi connectivity index (χ2n) is 10.2. The second kappa shape index (κ2) is 30.4. The Kier molecular flexibility index (Phi) is 27.8. The van der Waals surface area contributed by atoms with E-state index >= 15 is 0 Å². The third kappa shape index (κ3) is 25.5. The van der Waals surface area contributed by atoms with Crippen LogP contribution >= 0.6 is 0 Å². The normalized spacial score (nSPS) is 11.2. The molecule has 0 amide bonds. The Hall–Kier alpha value is -1.51. The fourth-order valence-electron chi connectivity index (χ4n) is 4.24. The predicted molar refractivity (Wildman–Crippen MR) is 162 cm³/mol. The zero-order chi connectivity index (χ0) is 28.6. The standard InChI is InChI=1S/C33H58O7/c1-2-3-4-5-6-7-8-9-10-11-12-13-14-15-20-35-21-22-36-23-24-37-25-26-38-27-28-39-29-30-40-33-18-16-32(31-34)17-19-33/h16-19,31H,2-15,20-30H2,1H3. The maximum atomic E-state index is 10.6. The summed E-state index contributed by atoms with van der Waals surface area (Å²) in [7, 11) is 0. The fraction of sp³-hybridized carbons (Fsp3) is 0.788. The van der Waals surface area contributed by atoms with Gasteiger partial charge in [-0.2, -0.15) is 0 Å². The molecule has 1 aromatic carbocycles. The highest BCUT2D eigenvalue weighted by Gasteiger charge is 1.97. The van der Waals surface area contributed by atoms with Gasteiger partial charge in [0.1, 0.15) is 18.6 Å². The van der Waals surface area contributed by atoms with Gasteiger partial charge in [0, 0.05) is 12.2 Å². The monoisotopic (exact) mass is 566 g/mol. The Bertz CT molecular complexity index is 638. The molecular weight excluding hydrogens is 508 g/mol. The number of rotatable bonds is 32. The Morgan fingerprint density at radius 3 is 1.20 bits per heavy atom. The van der Waals surface area contributed by atoms with Crippen LogP contribution in [0.15, 0.2) is 24.3 Å². The van der Waals surface area contributed by atoms with E-state index in [9.17, 15) is 4.79 Å². The van der Waals surface area contributed by atoms with Gasteiger partial charge in [0.15, 0.2) is 0 Å². The van der Waals surface area contributed by atoms with Crippen LogP contribution < -0.4 is 4.74 Å². The van der Waals surface area contributed by atoms with E-state index in [1.807, 2.05) is 0 Å². The summed E-state index contributed by atoms with van der Waals surface area (Å²) in [4.78, 5) is 10.6. The van der Waals surface area contributed by atoms with E-state index < -0.39 is 0 Å². The molecule has 7 nitrogen and oxygen atoms in total. The van der Waals surface area contributed by atoms with Crippen LogP contribution in [0.3, 0.4) is 0 Å². The maximum absolute atomic E-state index is 10.6. The molecule has 0 radical (unpaired) electrons. The van der Waals surface area contributed by atoms with Gasteiger partial charge in [-0.3, -0.25) is 4.79 Å². The summed E-state index contributed by atoms with van der Waals surface area (Å²) in [6.07, 6.45) is 20.1. The van der Waals surface area contributed by atoms with Crippen LogP contribution in [0.5, 0.6) is 5.75 Å². The van der Waals surface area contributed by atoms with Crippen molar-refractivity contribution in [1.82, 2.24) is 0 Å². The highest BCUT2D eigenvalue weighted by molar-refractivity contribution is 5.74. The first-order chi connectivity index (χ1) is 19.9. The molecule has 0 saturated carbocycles. The SMILES string of the molecule is CCCCCCCCCCCCCCCCOCCOCCOCCOCCOCCOc1ccc(C=O)cc1. The lowest BCUT2D eigenvalue weighted by atomic mass is 10.0. The topological polar surface area (TPSA) is 72.5 Å². The van der Waals surface area contributed by atoms with Crippen LogP contribution in [0.1, 0.15) is 107 Å². The van der Waals surface area contributed by atoms with E-state index in [1.54, 1.807) is 24.3 Å². The number of ether oxygens (including phenoxy) is 6. The lowest BCUT2D eigenvalue weighted by Gasteiger charge is -2.09. The Morgan fingerprint density at radius 2 is 0.800 bits per heavy atom. The minimum Gasteiger partial charge on any atom is -0.491 e. The average Bonchev–Trinajstić information content (AvgIpc) is 2.98. The number of hydrogen-bond acceptors (Lipinski definition) is 7. The molecule has 0 atom stereocenters. The lowest BCUT2D eigenvalue weighted by Crippen LogP contribution is -2.14. The van der Waals surface area contributed by atoms with E-state index in [1.165, 1.54) is 83.5 Å². The first-order valence-corrected chi connectivity index (χ1v) is 15.9. The summed E-state index contributed by atoms with van der Waals surface area (Å²) in [6.45, 7) is 8.55. The van der Waals surface area contributed by atoms with Gasteiger partial charge in [-0.25, -0.2) is 0 Å². The van der Waals surface area contributed by atoms with E-state index in [4.69, 9.17) is 28.4 Å². The van der Waals surface area contributed by atoms with Gasteiger partial charge in [-0.15, -0.1) is 0 Å². The third-order valence-corrected chi connectivity index (χ3v) is 6.64. The molecule has 0 N–H and O–H groups in total. The van der Waals surface area contributed by atoms with Gasteiger partial charge in [0.25, 0.3) is 0 Å². The summed E-state index contributed by atoms with van der Waals surface area (Å²) < 4.78 is 33.2. The fourth-order valence-corrected chi connectivity index (χ4v) is 4.24. The summed E-state index contributed by atoms with van der Waals surface area (Å²) in [5.74, 6) is 0.722. The highest BCUT2D eigenvalue weighted by atomic mass is 16.6. The molecule has 0 aliphatic rings. The first kappa shape index (κ1) is 36.5. The van der Waals surface area contributed by atoms with Crippen molar-refractivity contribution in [3.8, 4) is 5.75 Å². The van der Waals surface area contributed by atoms with Crippen molar-refractivity contribution in [3.63, 3.8) is 0 Å². The van der Waals surface area contributed by atoms with Crippen LogP contribution in [0.2, 0.25) is 0 Å². The quantitative estimate of drug-likeness (QED) is 0.0663. The smallest absolute Gasteiger partial charge is 0.150 e. The van der Waals surface area contributed by atoms with Gasteiger partial charge < -0.3 is 28.4 Å². The largest absolute Gasteiger partial charge is 0.491 e. The molecule has 0 fully saturated rings.